The van der Waals surface area contributed by atoms with Gasteiger partial charge in [-0.25, -0.2) is 0 Å². The minimum atomic E-state index is -0.108. The third-order valence-corrected chi connectivity index (χ3v) is 3.76. The Morgan fingerprint density at radius 3 is 2.48 bits per heavy atom. The van der Waals surface area contributed by atoms with Crippen LogP contribution in [0.4, 0.5) is 0 Å². The molecule has 3 rings (SSSR count). The molecule has 1 atom stereocenters. The number of rotatable bonds is 2. The number of ether oxygens (including phenoxy) is 1. The maximum Gasteiger partial charge on any atom is 0.124 e. The summed E-state index contributed by atoms with van der Waals surface area (Å²) in [7, 11) is 5.76. The van der Waals surface area contributed by atoms with Gasteiger partial charge in [0, 0.05) is 32.3 Å². The molecule has 2 aromatic rings. The maximum atomic E-state index is 5.55. The number of benzene rings is 1. The fourth-order valence-corrected chi connectivity index (χ4v) is 2.69. The summed E-state index contributed by atoms with van der Waals surface area (Å²) in [6.45, 7) is 0. The molecule has 0 bridgehead atoms. The van der Waals surface area contributed by atoms with Crippen molar-refractivity contribution < 1.29 is 4.74 Å². The van der Waals surface area contributed by atoms with Crippen molar-refractivity contribution in [1.29, 1.82) is 0 Å². The first-order chi connectivity index (χ1) is 10.2. The van der Waals surface area contributed by atoms with Crippen LogP contribution in [-0.4, -0.2) is 36.9 Å². The van der Waals surface area contributed by atoms with Gasteiger partial charge in [0.15, 0.2) is 0 Å². The molecule has 1 aliphatic heterocycles. The molecule has 0 fully saturated rings. The van der Waals surface area contributed by atoms with Gasteiger partial charge in [0.05, 0.1) is 12.8 Å². The molecule has 1 aromatic carbocycles. The Hall–Kier alpha value is -1.78. The quantitative estimate of drug-likeness (QED) is 0.828. The van der Waals surface area contributed by atoms with Crippen LogP contribution in [0.15, 0.2) is 47.6 Å². The first kappa shape index (κ1) is 19.3. The van der Waals surface area contributed by atoms with Gasteiger partial charge in [0.1, 0.15) is 17.6 Å². The molecule has 0 aliphatic carbocycles. The predicted octanol–water partition coefficient (Wildman–Crippen LogP) is 3.54. The second-order valence-electron chi connectivity index (χ2n) is 5.31. The summed E-state index contributed by atoms with van der Waals surface area (Å²) < 4.78 is 5.55. The van der Waals surface area contributed by atoms with E-state index >= 15 is 0 Å². The first-order valence-electron chi connectivity index (χ1n) is 7.01. The van der Waals surface area contributed by atoms with Crippen LogP contribution in [0.5, 0.6) is 5.75 Å². The van der Waals surface area contributed by atoms with Gasteiger partial charge in [-0.15, -0.1) is 24.8 Å². The van der Waals surface area contributed by atoms with E-state index in [1.807, 2.05) is 50.6 Å². The Morgan fingerprint density at radius 1 is 1.09 bits per heavy atom. The summed E-state index contributed by atoms with van der Waals surface area (Å²) >= 11 is 0. The molecule has 0 amide bonds. The Labute approximate surface area is 149 Å². The van der Waals surface area contributed by atoms with Crippen molar-refractivity contribution >= 4 is 30.6 Å². The highest BCUT2D eigenvalue weighted by atomic mass is 35.5. The van der Waals surface area contributed by atoms with Gasteiger partial charge < -0.3 is 9.64 Å². The monoisotopic (exact) mass is 353 g/mol. The number of methoxy groups -OCH3 is 1. The Kier molecular flexibility index (Phi) is 6.85. The van der Waals surface area contributed by atoms with Crippen LogP contribution >= 0.6 is 24.8 Å². The van der Waals surface area contributed by atoms with E-state index in [9.17, 15) is 0 Å². The summed E-state index contributed by atoms with van der Waals surface area (Å²) in [6.07, 6.45) is 2.63. The Morgan fingerprint density at radius 2 is 1.87 bits per heavy atom. The Balaban J connectivity index is 0.00000132. The third-order valence-electron chi connectivity index (χ3n) is 3.76. The fourth-order valence-electron chi connectivity index (χ4n) is 2.69. The normalized spacial score (nSPS) is 15.4. The SMILES string of the molecule is COc1cccc2c1C(c1ccccn1)N=C(N(C)C)C2.Cl.Cl. The van der Waals surface area contributed by atoms with Crippen molar-refractivity contribution in [2.24, 2.45) is 4.99 Å². The van der Waals surface area contributed by atoms with Gasteiger partial charge in [-0.2, -0.15) is 0 Å². The van der Waals surface area contributed by atoms with Gasteiger partial charge in [-0.1, -0.05) is 18.2 Å². The van der Waals surface area contributed by atoms with E-state index in [4.69, 9.17) is 9.73 Å². The average molecular weight is 354 g/mol. The zero-order valence-corrected chi connectivity index (χ0v) is 15.0. The van der Waals surface area contributed by atoms with Crippen LogP contribution in [-0.2, 0) is 6.42 Å². The number of halogens is 2. The molecule has 1 aliphatic rings. The molecule has 1 aromatic heterocycles. The zero-order valence-electron chi connectivity index (χ0n) is 13.4. The third kappa shape index (κ3) is 3.77. The van der Waals surface area contributed by atoms with Gasteiger partial charge in [0.25, 0.3) is 0 Å². The summed E-state index contributed by atoms with van der Waals surface area (Å²) in [6, 6.07) is 12.0. The second kappa shape index (κ2) is 8.18. The number of hydrogen-bond acceptors (Lipinski definition) is 4. The van der Waals surface area contributed by atoms with E-state index in [-0.39, 0.29) is 30.9 Å². The molecule has 1 unspecified atom stereocenters. The van der Waals surface area contributed by atoms with Crippen molar-refractivity contribution in [2.75, 3.05) is 21.2 Å². The lowest BCUT2D eigenvalue weighted by atomic mass is 9.91. The minimum Gasteiger partial charge on any atom is -0.496 e. The molecule has 0 N–H and O–H groups in total. The van der Waals surface area contributed by atoms with Gasteiger partial charge in [0.2, 0.25) is 0 Å². The largest absolute Gasteiger partial charge is 0.496 e. The zero-order chi connectivity index (χ0) is 14.8. The highest BCUT2D eigenvalue weighted by molar-refractivity contribution is 5.87. The summed E-state index contributed by atoms with van der Waals surface area (Å²) in [5.41, 5.74) is 3.33. The molecule has 0 spiro atoms. The number of aromatic nitrogens is 1. The number of amidine groups is 1. The molecule has 4 nitrogen and oxygen atoms in total. The second-order valence-corrected chi connectivity index (χ2v) is 5.31. The highest BCUT2D eigenvalue weighted by Crippen LogP contribution is 2.38. The van der Waals surface area contributed by atoms with Crippen molar-refractivity contribution in [2.45, 2.75) is 12.5 Å². The number of pyridine rings is 1. The van der Waals surface area contributed by atoms with Gasteiger partial charge in [-0.05, 0) is 23.8 Å². The number of aliphatic imine (C=N–C) groups is 1. The number of fused-ring (bicyclic) bond motifs is 1. The first-order valence-corrected chi connectivity index (χ1v) is 7.01. The summed E-state index contributed by atoms with van der Waals surface area (Å²) in [5.74, 6) is 1.94. The molecule has 6 heteroatoms. The van der Waals surface area contributed by atoms with Crippen LogP contribution in [0.2, 0.25) is 0 Å². The topological polar surface area (TPSA) is 37.7 Å². The lowest BCUT2D eigenvalue weighted by Crippen LogP contribution is -2.29. The molecule has 2 heterocycles. The van der Waals surface area contributed by atoms with Crippen molar-refractivity contribution in [3.63, 3.8) is 0 Å². The minimum absolute atomic E-state index is 0. The number of hydrogen-bond donors (Lipinski definition) is 0. The van der Waals surface area contributed by atoms with Crippen LogP contribution in [0.3, 0.4) is 0 Å². The summed E-state index contributed by atoms with van der Waals surface area (Å²) in [5, 5.41) is 0. The molecule has 0 saturated heterocycles. The molecular weight excluding hydrogens is 333 g/mol. The van der Waals surface area contributed by atoms with E-state index in [0.29, 0.717) is 0 Å². The van der Waals surface area contributed by atoms with Crippen molar-refractivity contribution in [3.8, 4) is 5.75 Å². The smallest absolute Gasteiger partial charge is 0.124 e. The van der Waals surface area contributed by atoms with Crippen LogP contribution in [0, 0.1) is 0 Å². The summed E-state index contributed by atoms with van der Waals surface area (Å²) in [4.78, 5) is 11.5. The van der Waals surface area contributed by atoms with E-state index in [1.54, 1.807) is 7.11 Å². The van der Waals surface area contributed by atoms with Gasteiger partial charge >= 0.3 is 0 Å². The Bertz CT molecular complexity index is 675. The van der Waals surface area contributed by atoms with Crippen LogP contribution < -0.4 is 4.74 Å². The van der Waals surface area contributed by atoms with Crippen molar-refractivity contribution in [3.05, 3.63) is 59.4 Å². The molecule has 23 heavy (non-hydrogen) atoms. The van der Waals surface area contributed by atoms with Gasteiger partial charge in [-0.3, -0.25) is 9.98 Å². The van der Waals surface area contributed by atoms with E-state index < -0.39 is 0 Å². The van der Waals surface area contributed by atoms with E-state index in [0.717, 1.165) is 29.3 Å². The molecule has 0 radical (unpaired) electrons. The molecule has 0 saturated carbocycles. The van der Waals surface area contributed by atoms with Crippen molar-refractivity contribution in [1.82, 2.24) is 9.88 Å². The standard InChI is InChI=1S/C17H19N3O.2ClH/c1-20(2)15-11-12-7-6-9-14(21-3)16(12)17(19-15)13-8-4-5-10-18-13;;/h4-10,17H,11H2,1-3H3;2*1H. The number of likely N-dealkylation sites (N-methyl/N-ethyl adjacent to an activating group) is 1. The van der Waals surface area contributed by atoms with E-state index in [2.05, 4.69) is 16.0 Å². The van der Waals surface area contributed by atoms with Crippen LogP contribution in [0.1, 0.15) is 22.9 Å². The maximum absolute atomic E-state index is 5.55. The lowest BCUT2D eigenvalue weighted by molar-refractivity contribution is 0.406. The highest BCUT2D eigenvalue weighted by Gasteiger charge is 2.27. The lowest BCUT2D eigenvalue weighted by Gasteiger charge is -2.28. The molecular formula is C17H21Cl2N3O. The predicted molar refractivity (Wildman–Crippen MR) is 98.4 cm³/mol. The van der Waals surface area contributed by atoms with E-state index in [1.165, 1.54) is 5.56 Å². The number of nitrogens with zero attached hydrogens (tertiary/aromatic N) is 3. The molecule has 124 valence electrons. The average Bonchev–Trinajstić information content (AvgIpc) is 2.53. The van der Waals surface area contributed by atoms with Crippen LogP contribution in [0.25, 0.3) is 0 Å². The fraction of sp³-hybridized carbons (Fsp3) is 0.294.